The van der Waals surface area contributed by atoms with Crippen molar-refractivity contribution in [1.29, 1.82) is 0 Å². The number of carbonyl (C=O) groups is 2. The van der Waals surface area contributed by atoms with Crippen molar-refractivity contribution in [3.8, 4) is 0 Å². The predicted octanol–water partition coefficient (Wildman–Crippen LogP) is 6.81. The smallest absolute Gasteiger partial charge is 0.296 e. The molecule has 0 radical (unpaired) electrons. The fraction of sp³-hybridized carbons (Fsp3) is 0.0714. The molecular weight excluding hydrogens is 545 g/mol. The molecule has 0 fully saturated rings. The van der Waals surface area contributed by atoms with Crippen LogP contribution in [0.2, 0.25) is 5.02 Å². The van der Waals surface area contributed by atoms with Gasteiger partial charge in [-0.25, -0.2) is 4.39 Å². The van der Waals surface area contributed by atoms with Gasteiger partial charge >= 0.3 is 0 Å². The lowest BCUT2D eigenvalue weighted by atomic mass is 9.96. The Kier molecular flexibility index (Phi) is 7.69. The molecule has 190 valence electrons. The quantitative estimate of drug-likeness (QED) is 0.144. The summed E-state index contributed by atoms with van der Waals surface area (Å²) in [6.07, 6.45) is 2.96. The van der Waals surface area contributed by atoms with Crippen molar-refractivity contribution in [3.05, 3.63) is 124 Å². The number of rotatable bonds is 8. The third kappa shape index (κ3) is 5.55. The van der Waals surface area contributed by atoms with Crippen LogP contribution in [0.15, 0.2) is 101 Å². The van der Waals surface area contributed by atoms with Gasteiger partial charge in [0.2, 0.25) is 5.13 Å². The number of hydrogen-bond acceptors (Lipinski definition) is 7. The summed E-state index contributed by atoms with van der Waals surface area (Å²) >= 11 is 8.78. The first-order chi connectivity index (χ1) is 18.4. The van der Waals surface area contributed by atoms with E-state index in [0.717, 1.165) is 22.5 Å². The van der Waals surface area contributed by atoms with Crippen LogP contribution in [0.5, 0.6) is 0 Å². The second-order valence-corrected chi connectivity index (χ2v) is 10.9. The minimum Gasteiger partial charge on any atom is -0.503 e. The van der Waals surface area contributed by atoms with Crippen molar-refractivity contribution in [1.82, 2.24) is 10.2 Å². The Balaban J connectivity index is 1.45. The van der Waals surface area contributed by atoms with Gasteiger partial charge in [0.05, 0.1) is 11.6 Å². The maximum absolute atomic E-state index is 13.3. The first kappa shape index (κ1) is 25.8. The summed E-state index contributed by atoms with van der Waals surface area (Å²) in [5.74, 6) is -1.69. The summed E-state index contributed by atoms with van der Waals surface area (Å²) in [6, 6.07) is 21.2. The molecule has 6 nitrogen and oxygen atoms in total. The van der Waals surface area contributed by atoms with Crippen LogP contribution in [0.3, 0.4) is 0 Å². The normalized spacial score (nSPS) is 15.6. The fourth-order valence-corrected chi connectivity index (χ4v) is 5.98. The van der Waals surface area contributed by atoms with E-state index in [-0.39, 0.29) is 16.5 Å². The standard InChI is InChI=1S/C28H19ClFN3O3S2/c29-20-8-4-7-19(15-20)24-23(22(34)14-11-17-5-2-1-3-6-17)25(35)26(36)33(24)27-31-32-28(38-27)37-16-18-9-12-21(30)13-10-18/h1-15,24,35H,16H2/b14-11+. The Hall–Kier alpha value is -3.79. The number of nitrogens with zero attached hydrogens (tertiary/aromatic N) is 3. The minimum absolute atomic E-state index is 0.0693. The lowest BCUT2D eigenvalue weighted by Gasteiger charge is -2.23. The van der Waals surface area contributed by atoms with Crippen LogP contribution in [0.1, 0.15) is 22.7 Å². The first-order valence-electron chi connectivity index (χ1n) is 11.4. The Morgan fingerprint density at radius 3 is 2.58 bits per heavy atom. The van der Waals surface area contributed by atoms with Crippen LogP contribution in [0, 0.1) is 5.82 Å². The van der Waals surface area contributed by atoms with Crippen LogP contribution in [-0.4, -0.2) is 27.0 Å². The number of allylic oxidation sites excluding steroid dienone is 1. The highest BCUT2D eigenvalue weighted by Crippen LogP contribution is 2.43. The molecule has 1 atom stereocenters. The molecule has 1 aromatic heterocycles. The summed E-state index contributed by atoms with van der Waals surface area (Å²) in [6.45, 7) is 0. The van der Waals surface area contributed by atoms with Gasteiger partial charge in [0.15, 0.2) is 15.9 Å². The maximum Gasteiger partial charge on any atom is 0.296 e. The van der Waals surface area contributed by atoms with Crippen LogP contribution >= 0.6 is 34.7 Å². The molecule has 0 spiro atoms. The van der Waals surface area contributed by atoms with E-state index < -0.39 is 23.5 Å². The Morgan fingerprint density at radius 2 is 1.84 bits per heavy atom. The van der Waals surface area contributed by atoms with E-state index in [4.69, 9.17) is 11.6 Å². The predicted molar refractivity (Wildman–Crippen MR) is 148 cm³/mol. The van der Waals surface area contributed by atoms with E-state index in [9.17, 15) is 19.1 Å². The van der Waals surface area contributed by atoms with Gasteiger partial charge in [-0.2, -0.15) is 0 Å². The number of carbonyl (C=O) groups excluding carboxylic acids is 2. The molecule has 1 N–H and O–H groups in total. The number of thioether (sulfide) groups is 1. The molecule has 0 saturated carbocycles. The van der Waals surface area contributed by atoms with Gasteiger partial charge in [0, 0.05) is 10.8 Å². The van der Waals surface area contributed by atoms with Crippen LogP contribution in [0.25, 0.3) is 6.08 Å². The lowest BCUT2D eigenvalue weighted by molar-refractivity contribution is -0.117. The summed E-state index contributed by atoms with van der Waals surface area (Å²) in [4.78, 5) is 27.9. The Morgan fingerprint density at radius 1 is 1.08 bits per heavy atom. The molecule has 38 heavy (non-hydrogen) atoms. The summed E-state index contributed by atoms with van der Waals surface area (Å²) < 4.78 is 13.8. The molecule has 1 aliphatic rings. The molecule has 1 amide bonds. The largest absolute Gasteiger partial charge is 0.503 e. The molecule has 1 aliphatic heterocycles. The number of aromatic nitrogens is 2. The molecule has 0 bridgehead atoms. The highest BCUT2D eigenvalue weighted by Gasteiger charge is 2.45. The number of aliphatic hydroxyl groups excluding tert-OH is 1. The second-order valence-electron chi connectivity index (χ2n) is 8.27. The van der Waals surface area contributed by atoms with Crippen molar-refractivity contribution < 1.29 is 19.1 Å². The van der Waals surface area contributed by atoms with E-state index in [0.29, 0.717) is 20.7 Å². The van der Waals surface area contributed by atoms with E-state index in [1.54, 1.807) is 42.5 Å². The molecule has 10 heteroatoms. The summed E-state index contributed by atoms with van der Waals surface area (Å²) in [7, 11) is 0. The Bertz CT molecular complexity index is 1560. The number of hydrogen-bond donors (Lipinski definition) is 1. The molecular formula is C28H19ClFN3O3S2. The Labute approximate surface area is 231 Å². The van der Waals surface area contributed by atoms with Gasteiger partial charge in [-0.05, 0) is 47.0 Å². The average Bonchev–Trinajstić information content (AvgIpc) is 3.49. The summed E-state index contributed by atoms with van der Waals surface area (Å²) in [5, 5.41) is 19.9. The van der Waals surface area contributed by atoms with Crippen LogP contribution in [-0.2, 0) is 15.3 Å². The topological polar surface area (TPSA) is 83.4 Å². The molecule has 1 unspecified atom stereocenters. The molecule has 3 aromatic carbocycles. The summed E-state index contributed by atoms with van der Waals surface area (Å²) in [5.41, 5.74) is 2.18. The molecule has 4 aromatic rings. The van der Waals surface area contributed by atoms with Gasteiger partial charge in [-0.1, -0.05) is 95.4 Å². The molecule has 0 aliphatic carbocycles. The van der Waals surface area contributed by atoms with E-state index >= 15 is 0 Å². The zero-order valence-corrected chi connectivity index (χ0v) is 22.0. The molecule has 0 saturated heterocycles. The number of ketones is 1. The van der Waals surface area contributed by atoms with Crippen LogP contribution in [0.4, 0.5) is 9.52 Å². The van der Waals surface area contributed by atoms with Gasteiger partial charge < -0.3 is 5.11 Å². The molecule has 5 rings (SSSR count). The van der Waals surface area contributed by atoms with Gasteiger partial charge in [0.25, 0.3) is 5.91 Å². The zero-order chi connectivity index (χ0) is 26.6. The van der Waals surface area contributed by atoms with E-state index in [1.165, 1.54) is 34.9 Å². The van der Waals surface area contributed by atoms with Crippen molar-refractivity contribution in [3.63, 3.8) is 0 Å². The molecule has 2 heterocycles. The first-order valence-corrected chi connectivity index (χ1v) is 13.6. The van der Waals surface area contributed by atoms with Crippen molar-refractivity contribution >= 4 is 57.6 Å². The van der Waals surface area contributed by atoms with Crippen molar-refractivity contribution in [2.24, 2.45) is 0 Å². The number of aliphatic hydroxyl groups is 1. The lowest BCUT2D eigenvalue weighted by Crippen LogP contribution is -2.30. The monoisotopic (exact) mass is 563 g/mol. The van der Waals surface area contributed by atoms with Gasteiger partial charge in [-0.3, -0.25) is 14.5 Å². The van der Waals surface area contributed by atoms with Gasteiger partial charge in [-0.15, -0.1) is 10.2 Å². The van der Waals surface area contributed by atoms with Crippen molar-refractivity contribution in [2.75, 3.05) is 4.90 Å². The second kappa shape index (κ2) is 11.3. The number of halogens is 2. The SMILES string of the molecule is O=C(/C=C/c1ccccc1)C1=C(O)C(=O)N(c2nnc(SCc3ccc(F)cc3)s2)C1c1cccc(Cl)c1. The minimum atomic E-state index is -0.947. The highest BCUT2D eigenvalue weighted by molar-refractivity contribution is 8.00. The fourth-order valence-electron chi connectivity index (χ4n) is 3.96. The van der Waals surface area contributed by atoms with Crippen LogP contribution < -0.4 is 4.90 Å². The van der Waals surface area contributed by atoms with E-state index in [2.05, 4.69) is 10.2 Å². The highest BCUT2D eigenvalue weighted by atomic mass is 35.5. The third-order valence-electron chi connectivity index (χ3n) is 5.74. The number of benzene rings is 3. The third-order valence-corrected chi connectivity index (χ3v) is 8.10. The number of amides is 1. The van der Waals surface area contributed by atoms with E-state index in [1.807, 2.05) is 30.3 Å². The average molecular weight is 564 g/mol. The zero-order valence-electron chi connectivity index (χ0n) is 19.6. The maximum atomic E-state index is 13.3. The van der Waals surface area contributed by atoms with Gasteiger partial charge in [0.1, 0.15) is 5.82 Å². The number of anilines is 1. The van der Waals surface area contributed by atoms with Crippen molar-refractivity contribution in [2.45, 2.75) is 16.1 Å².